The Morgan fingerprint density at radius 2 is 2.15 bits per heavy atom. The molecule has 3 rings (SSSR count). The van der Waals surface area contributed by atoms with Gasteiger partial charge in [-0.25, -0.2) is 9.78 Å². The van der Waals surface area contributed by atoms with E-state index in [1.54, 1.807) is 23.8 Å². The Morgan fingerprint density at radius 3 is 2.81 bits per heavy atom. The number of methoxy groups -OCH3 is 1. The van der Waals surface area contributed by atoms with E-state index in [4.69, 9.17) is 4.74 Å². The average Bonchev–Trinajstić information content (AvgIpc) is 3.21. The number of nitrogens with one attached hydrogen (secondary N) is 2. The molecule has 0 spiro atoms. The lowest BCUT2D eigenvalue weighted by Gasteiger charge is -2.39. The summed E-state index contributed by atoms with van der Waals surface area (Å²) in [7, 11) is 1.60. The molecule has 2 heterocycles. The summed E-state index contributed by atoms with van der Waals surface area (Å²) in [5.41, 5.74) is 0.802. The molecule has 3 amide bonds. The van der Waals surface area contributed by atoms with Crippen LogP contribution in [0, 0.1) is 0 Å². The minimum atomic E-state index is -0.525. The molecule has 0 saturated carbocycles. The van der Waals surface area contributed by atoms with Crippen molar-refractivity contribution in [1.82, 2.24) is 25.4 Å². The summed E-state index contributed by atoms with van der Waals surface area (Å²) in [5, 5.41) is 10.1. The smallest absolute Gasteiger partial charge is 0.318 e. The molecule has 0 bridgehead atoms. The van der Waals surface area contributed by atoms with Crippen LogP contribution in [-0.2, 0) is 4.79 Å². The molecule has 0 radical (unpaired) electrons. The average molecular weight is 390 g/mol. The van der Waals surface area contributed by atoms with Crippen molar-refractivity contribution in [2.24, 2.45) is 0 Å². The topological polar surface area (TPSA) is 103 Å². The minimum absolute atomic E-state index is 0.0994. The molecule has 1 aromatic heterocycles. The van der Waals surface area contributed by atoms with Crippen LogP contribution in [0.15, 0.2) is 35.7 Å². The highest BCUT2D eigenvalue weighted by atomic mass is 32.2. The Balaban J connectivity index is 1.51. The molecule has 1 saturated heterocycles. The number of aromatic nitrogens is 3. The van der Waals surface area contributed by atoms with Gasteiger partial charge in [0.25, 0.3) is 0 Å². The molecule has 1 atom stereocenters. The van der Waals surface area contributed by atoms with E-state index < -0.39 is 6.04 Å². The molecule has 1 unspecified atom stereocenters. The molecule has 0 aliphatic carbocycles. The van der Waals surface area contributed by atoms with Crippen LogP contribution < -0.4 is 15.0 Å². The maximum atomic E-state index is 12.7. The summed E-state index contributed by atoms with van der Waals surface area (Å²) in [6.45, 7) is 3.15. The van der Waals surface area contributed by atoms with Gasteiger partial charge < -0.3 is 19.9 Å². The second-order valence-corrected chi connectivity index (χ2v) is 7.01. The summed E-state index contributed by atoms with van der Waals surface area (Å²) in [6.07, 6.45) is 1.44. The molecule has 1 aliphatic rings. The fourth-order valence-corrected chi connectivity index (χ4v) is 3.47. The lowest BCUT2D eigenvalue weighted by atomic mass is 10.1. The molecule has 1 fully saturated rings. The molecule has 2 aromatic rings. The van der Waals surface area contributed by atoms with E-state index in [0.29, 0.717) is 30.5 Å². The molecule has 2 N–H and O–H groups in total. The second-order valence-electron chi connectivity index (χ2n) is 5.93. The number of carbonyl (C=O) groups is 2. The number of H-pyrrole nitrogens is 1. The quantitative estimate of drug-likeness (QED) is 0.570. The van der Waals surface area contributed by atoms with E-state index in [1.165, 1.54) is 18.1 Å². The van der Waals surface area contributed by atoms with Crippen molar-refractivity contribution in [3.8, 4) is 5.75 Å². The predicted molar refractivity (Wildman–Crippen MR) is 102 cm³/mol. The molecule has 1 aliphatic heterocycles. The van der Waals surface area contributed by atoms with Crippen molar-refractivity contribution in [2.45, 2.75) is 18.1 Å². The number of anilines is 1. The standard InChI is InChI=1S/C17H22N6O3S/c1-12-15(24)23(13-3-5-14(26-2)6-4-13)9-8-22(12)17(25)18-7-10-27-16-19-11-20-21-16/h3-6,11-12H,7-10H2,1-2H3,(H,18,25)(H,19,20,21). The van der Waals surface area contributed by atoms with E-state index in [-0.39, 0.29) is 11.9 Å². The number of hydrogen-bond donors (Lipinski definition) is 2. The Labute approximate surface area is 161 Å². The molecular formula is C17H22N6O3S. The van der Waals surface area contributed by atoms with Gasteiger partial charge in [0.2, 0.25) is 5.91 Å². The SMILES string of the molecule is COc1ccc(N2CCN(C(=O)NCCSc3ncn[nH]3)C(C)C2=O)cc1. The second kappa shape index (κ2) is 8.76. The largest absolute Gasteiger partial charge is 0.497 e. The molecule has 9 nitrogen and oxygen atoms in total. The number of hydrogen-bond acceptors (Lipinski definition) is 6. The maximum absolute atomic E-state index is 12.7. The van der Waals surface area contributed by atoms with Crippen molar-refractivity contribution in [1.29, 1.82) is 0 Å². The van der Waals surface area contributed by atoms with Gasteiger partial charge in [0.05, 0.1) is 7.11 Å². The van der Waals surface area contributed by atoms with Gasteiger partial charge in [0, 0.05) is 31.1 Å². The number of piperazine rings is 1. The number of amides is 3. The van der Waals surface area contributed by atoms with Gasteiger partial charge in [-0.1, -0.05) is 11.8 Å². The zero-order valence-electron chi connectivity index (χ0n) is 15.2. The number of ether oxygens (including phenoxy) is 1. The first kappa shape index (κ1) is 19.0. The van der Waals surface area contributed by atoms with Crippen LogP contribution in [0.25, 0.3) is 0 Å². The first-order valence-electron chi connectivity index (χ1n) is 8.58. The van der Waals surface area contributed by atoms with Crippen LogP contribution in [0.4, 0.5) is 10.5 Å². The summed E-state index contributed by atoms with van der Waals surface area (Å²) in [6, 6.07) is 6.57. The minimum Gasteiger partial charge on any atom is -0.497 e. The maximum Gasteiger partial charge on any atom is 0.318 e. The predicted octanol–water partition coefficient (Wildman–Crippen LogP) is 1.35. The summed E-state index contributed by atoms with van der Waals surface area (Å²) in [5.74, 6) is 1.30. The van der Waals surface area contributed by atoms with E-state index in [2.05, 4.69) is 20.5 Å². The summed E-state index contributed by atoms with van der Waals surface area (Å²) >= 11 is 1.47. The lowest BCUT2D eigenvalue weighted by molar-refractivity contribution is -0.124. The van der Waals surface area contributed by atoms with Gasteiger partial charge in [-0.2, -0.15) is 5.10 Å². The lowest BCUT2D eigenvalue weighted by Crippen LogP contribution is -2.59. The van der Waals surface area contributed by atoms with Crippen molar-refractivity contribution in [2.75, 3.05) is 37.4 Å². The zero-order chi connectivity index (χ0) is 19.2. The normalized spacial score (nSPS) is 17.1. The Kier molecular flexibility index (Phi) is 6.17. The number of carbonyl (C=O) groups excluding carboxylic acids is 2. The first-order chi connectivity index (χ1) is 13.1. The van der Waals surface area contributed by atoms with Crippen LogP contribution in [0.2, 0.25) is 0 Å². The number of thioether (sulfide) groups is 1. The van der Waals surface area contributed by atoms with Crippen LogP contribution >= 0.6 is 11.8 Å². The van der Waals surface area contributed by atoms with Crippen LogP contribution in [0.1, 0.15) is 6.92 Å². The fourth-order valence-electron chi connectivity index (χ4n) is 2.84. The molecule has 144 valence electrons. The molecule has 27 heavy (non-hydrogen) atoms. The van der Waals surface area contributed by atoms with Crippen molar-refractivity contribution >= 4 is 29.4 Å². The fraction of sp³-hybridized carbons (Fsp3) is 0.412. The van der Waals surface area contributed by atoms with E-state index in [9.17, 15) is 9.59 Å². The molecule has 1 aromatic carbocycles. The summed E-state index contributed by atoms with van der Waals surface area (Å²) < 4.78 is 5.15. The van der Waals surface area contributed by atoms with E-state index in [0.717, 1.165) is 11.4 Å². The van der Waals surface area contributed by atoms with Gasteiger partial charge in [-0.05, 0) is 31.2 Å². The molecular weight excluding hydrogens is 368 g/mol. The number of rotatable bonds is 6. The van der Waals surface area contributed by atoms with Gasteiger partial charge in [-0.15, -0.1) is 0 Å². The van der Waals surface area contributed by atoms with Gasteiger partial charge in [-0.3, -0.25) is 9.89 Å². The Bertz CT molecular complexity index is 767. The van der Waals surface area contributed by atoms with Crippen LogP contribution in [0.3, 0.4) is 0 Å². The van der Waals surface area contributed by atoms with Crippen molar-refractivity contribution in [3.63, 3.8) is 0 Å². The highest BCUT2D eigenvalue weighted by Crippen LogP contribution is 2.23. The Hall–Kier alpha value is -2.75. The van der Waals surface area contributed by atoms with Gasteiger partial charge >= 0.3 is 6.03 Å². The third-order valence-electron chi connectivity index (χ3n) is 4.31. The van der Waals surface area contributed by atoms with Crippen molar-refractivity contribution in [3.05, 3.63) is 30.6 Å². The van der Waals surface area contributed by atoms with E-state index in [1.807, 2.05) is 24.3 Å². The summed E-state index contributed by atoms with van der Waals surface area (Å²) in [4.78, 5) is 32.4. The van der Waals surface area contributed by atoms with Gasteiger partial charge in [0.15, 0.2) is 5.16 Å². The highest BCUT2D eigenvalue weighted by Gasteiger charge is 2.34. The highest BCUT2D eigenvalue weighted by molar-refractivity contribution is 7.99. The number of urea groups is 1. The number of nitrogens with zero attached hydrogens (tertiary/aromatic N) is 4. The van der Waals surface area contributed by atoms with Crippen molar-refractivity contribution < 1.29 is 14.3 Å². The van der Waals surface area contributed by atoms with E-state index >= 15 is 0 Å². The third-order valence-corrected chi connectivity index (χ3v) is 5.19. The number of benzene rings is 1. The van der Waals surface area contributed by atoms with Crippen LogP contribution in [-0.4, -0.2) is 70.6 Å². The Morgan fingerprint density at radius 1 is 1.37 bits per heavy atom. The van der Waals surface area contributed by atoms with Gasteiger partial charge in [0.1, 0.15) is 18.1 Å². The molecule has 10 heteroatoms. The monoisotopic (exact) mass is 390 g/mol. The zero-order valence-corrected chi connectivity index (χ0v) is 16.0. The third kappa shape index (κ3) is 4.51. The first-order valence-corrected chi connectivity index (χ1v) is 9.57. The van der Waals surface area contributed by atoms with Crippen LogP contribution in [0.5, 0.6) is 5.75 Å². The number of aromatic amines is 1.